The maximum absolute atomic E-state index is 11.6. The summed E-state index contributed by atoms with van der Waals surface area (Å²) >= 11 is 6.05. The van der Waals surface area contributed by atoms with Crippen LogP contribution in [-0.4, -0.2) is 15.5 Å². The van der Waals surface area contributed by atoms with Crippen LogP contribution in [0.4, 0.5) is 5.69 Å². The summed E-state index contributed by atoms with van der Waals surface area (Å²) in [6.45, 7) is 3.91. The molecule has 2 aromatic heterocycles. The second-order valence-corrected chi connectivity index (χ2v) is 7.33. The number of aryl methyl sites for hydroxylation is 1. The lowest BCUT2D eigenvalue weighted by Gasteiger charge is -2.09. The summed E-state index contributed by atoms with van der Waals surface area (Å²) in [4.78, 5) is 16.1. The first-order chi connectivity index (χ1) is 14.5. The highest BCUT2D eigenvalue weighted by molar-refractivity contribution is 6.30. The lowest BCUT2D eigenvalue weighted by Crippen LogP contribution is -2.07. The molecule has 0 saturated heterocycles. The molecule has 0 fully saturated rings. The second kappa shape index (κ2) is 8.43. The van der Waals surface area contributed by atoms with Gasteiger partial charge >= 0.3 is 0 Å². The van der Waals surface area contributed by atoms with Gasteiger partial charge in [-0.2, -0.15) is 0 Å². The fourth-order valence-electron chi connectivity index (χ4n) is 3.30. The largest absolute Gasteiger partial charge is 0.489 e. The molecule has 0 unspecified atom stereocenters. The van der Waals surface area contributed by atoms with Gasteiger partial charge in [0.1, 0.15) is 18.0 Å². The highest BCUT2D eigenvalue weighted by atomic mass is 35.5. The number of pyridine rings is 1. The van der Waals surface area contributed by atoms with E-state index in [0.717, 1.165) is 33.5 Å². The molecule has 0 saturated carbocycles. The predicted octanol–water partition coefficient (Wildman–Crippen LogP) is 5.60. The fourth-order valence-corrected chi connectivity index (χ4v) is 3.51. The van der Waals surface area contributed by atoms with E-state index in [-0.39, 0.29) is 5.91 Å². The molecule has 150 valence electrons. The van der Waals surface area contributed by atoms with Gasteiger partial charge in [-0.25, -0.2) is 4.98 Å². The zero-order valence-corrected chi connectivity index (χ0v) is 17.2. The van der Waals surface area contributed by atoms with Crippen molar-refractivity contribution in [3.63, 3.8) is 0 Å². The first kappa shape index (κ1) is 19.7. The first-order valence-corrected chi connectivity index (χ1v) is 9.77. The molecule has 4 aromatic rings. The van der Waals surface area contributed by atoms with Crippen LogP contribution in [0.1, 0.15) is 5.56 Å². The number of amides is 1. The number of nitrogens with one attached hydrogen (secondary N) is 1. The van der Waals surface area contributed by atoms with Crippen molar-refractivity contribution in [2.75, 3.05) is 5.32 Å². The average Bonchev–Trinajstić information content (AvgIpc) is 3.08. The Morgan fingerprint density at radius 3 is 2.87 bits per heavy atom. The summed E-state index contributed by atoms with van der Waals surface area (Å²) in [6, 6.07) is 17.4. The van der Waals surface area contributed by atoms with Gasteiger partial charge < -0.3 is 14.6 Å². The molecule has 0 aliphatic heterocycles. The molecule has 0 spiro atoms. The molecule has 6 heteroatoms. The van der Waals surface area contributed by atoms with Crippen LogP contribution in [-0.2, 0) is 18.4 Å². The van der Waals surface area contributed by atoms with Crippen molar-refractivity contribution < 1.29 is 9.53 Å². The van der Waals surface area contributed by atoms with Gasteiger partial charge in [-0.15, -0.1) is 0 Å². The number of hydrogen-bond acceptors (Lipinski definition) is 3. The van der Waals surface area contributed by atoms with E-state index in [1.165, 1.54) is 6.08 Å². The van der Waals surface area contributed by atoms with Gasteiger partial charge in [0.2, 0.25) is 5.91 Å². The Bertz CT molecular complexity index is 1250. The normalized spacial score (nSPS) is 10.7. The minimum Gasteiger partial charge on any atom is -0.489 e. The number of aromatic nitrogens is 2. The number of benzene rings is 2. The van der Waals surface area contributed by atoms with E-state index in [4.69, 9.17) is 16.3 Å². The number of carbonyl (C=O) groups excluding carboxylic acids is 1. The van der Waals surface area contributed by atoms with E-state index >= 15 is 0 Å². The summed E-state index contributed by atoms with van der Waals surface area (Å²) in [5.41, 5.74) is 4.45. The van der Waals surface area contributed by atoms with Crippen molar-refractivity contribution in [3.05, 3.63) is 90.2 Å². The van der Waals surface area contributed by atoms with Crippen LogP contribution in [0.5, 0.6) is 5.75 Å². The van der Waals surface area contributed by atoms with Crippen molar-refractivity contribution in [1.82, 2.24) is 9.55 Å². The monoisotopic (exact) mass is 417 g/mol. The molecule has 0 bridgehead atoms. The van der Waals surface area contributed by atoms with Crippen LogP contribution in [0, 0.1) is 0 Å². The maximum atomic E-state index is 11.6. The van der Waals surface area contributed by atoms with Gasteiger partial charge in [-0.05, 0) is 47.5 Å². The summed E-state index contributed by atoms with van der Waals surface area (Å²) < 4.78 is 7.93. The molecule has 0 aliphatic carbocycles. The van der Waals surface area contributed by atoms with Gasteiger partial charge in [-0.1, -0.05) is 42.4 Å². The van der Waals surface area contributed by atoms with E-state index in [2.05, 4.69) is 16.9 Å². The van der Waals surface area contributed by atoms with Crippen molar-refractivity contribution >= 4 is 34.2 Å². The first-order valence-electron chi connectivity index (χ1n) is 9.39. The summed E-state index contributed by atoms with van der Waals surface area (Å²) in [5.74, 6) is 0.485. The predicted molar refractivity (Wildman–Crippen MR) is 121 cm³/mol. The van der Waals surface area contributed by atoms with Crippen LogP contribution in [0.2, 0.25) is 5.02 Å². The van der Waals surface area contributed by atoms with Gasteiger partial charge in [0.25, 0.3) is 0 Å². The van der Waals surface area contributed by atoms with Crippen molar-refractivity contribution in [1.29, 1.82) is 0 Å². The molecule has 0 aliphatic rings. The smallest absolute Gasteiger partial charge is 0.247 e. The second-order valence-electron chi connectivity index (χ2n) is 6.89. The standard InChI is InChI=1S/C24H20ClN3O2/c1-3-23(29)27-19-12-21-22(14-28(2)24(21)26-13-19)17-7-5-9-20(11-17)30-15-16-6-4-8-18(25)10-16/h3-14H,1,15H2,2H3,(H,27,29). The highest BCUT2D eigenvalue weighted by Crippen LogP contribution is 2.32. The molecular weight excluding hydrogens is 398 g/mol. The Morgan fingerprint density at radius 1 is 1.23 bits per heavy atom. The van der Waals surface area contributed by atoms with Crippen LogP contribution in [0.3, 0.4) is 0 Å². The third-order valence-electron chi connectivity index (χ3n) is 4.71. The Labute approximate surface area is 179 Å². The summed E-state index contributed by atoms with van der Waals surface area (Å²) in [5, 5.41) is 4.39. The van der Waals surface area contributed by atoms with Gasteiger partial charge in [-0.3, -0.25) is 4.79 Å². The Kier molecular flexibility index (Phi) is 5.55. The number of carbonyl (C=O) groups is 1. The molecule has 4 rings (SSSR count). The molecule has 1 amide bonds. The third-order valence-corrected chi connectivity index (χ3v) is 4.94. The van der Waals surface area contributed by atoms with Crippen molar-refractivity contribution in [2.45, 2.75) is 6.61 Å². The summed E-state index contributed by atoms with van der Waals surface area (Å²) in [6.07, 6.45) is 4.89. The topological polar surface area (TPSA) is 56.1 Å². The Balaban J connectivity index is 1.64. The average molecular weight is 418 g/mol. The quantitative estimate of drug-likeness (QED) is 0.415. The van der Waals surface area contributed by atoms with Crippen molar-refractivity contribution in [2.24, 2.45) is 7.05 Å². The van der Waals surface area contributed by atoms with Gasteiger partial charge in [0, 0.05) is 29.2 Å². The SMILES string of the molecule is C=CC(=O)Nc1cnc2c(c1)c(-c1cccc(OCc3cccc(Cl)c3)c1)cn2C. The lowest BCUT2D eigenvalue weighted by molar-refractivity contribution is -0.111. The Morgan fingerprint density at radius 2 is 2.07 bits per heavy atom. The van der Waals surface area contributed by atoms with Crippen LogP contribution >= 0.6 is 11.6 Å². The molecule has 30 heavy (non-hydrogen) atoms. The molecule has 0 atom stereocenters. The molecule has 2 heterocycles. The van der Waals surface area contributed by atoms with Crippen LogP contribution in [0.25, 0.3) is 22.2 Å². The van der Waals surface area contributed by atoms with E-state index in [9.17, 15) is 4.79 Å². The molecule has 0 radical (unpaired) electrons. The number of fused-ring (bicyclic) bond motifs is 1. The van der Waals surface area contributed by atoms with E-state index in [1.54, 1.807) is 6.20 Å². The number of rotatable bonds is 6. The third kappa shape index (κ3) is 4.21. The lowest BCUT2D eigenvalue weighted by atomic mass is 10.1. The van der Waals surface area contributed by atoms with E-state index in [1.807, 2.05) is 72.4 Å². The molecule has 2 aromatic carbocycles. The Hall–Kier alpha value is -3.57. The van der Waals surface area contributed by atoms with Crippen LogP contribution < -0.4 is 10.1 Å². The van der Waals surface area contributed by atoms with E-state index < -0.39 is 0 Å². The van der Waals surface area contributed by atoms with Crippen molar-refractivity contribution in [3.8, 4) is 16.9 Å². The number of anilines is 1. The number of halogens is 1. The molecular formula is C24H20ClN3O2. The van der Waals surface area contributed by atoms with Gasteiger partial charge in [0.05, 0.1) is 11.9 Å². The minimum atomic E-state index is -0.273. The number of hydrogen-bond donors (Lipinski definition) is 1. The zero-order chi connectivity index (χ0) is 21.1. The molecule has 1 N–H and O–H groups in total. The fraction of sp³-hybridized carbons (Fsp3) is 0.0833. The van der Waals surface area contributed by atoms with E-state index in [0.29, 0.717) is 17.3 Å². The molecule has 5 nitrogen and oxygen atoms in total. The summed E-state index contributed by atoms with van der Waals surface area (Å²) in [7, 11) is 1.94. The minimum absolute atomic E-state index is 0.273. The highest BCUT2D eigenvalue weighted by Gasteiger charge is 2.12. The van der Waals surface area contributed by atoms with Gasteiger partial charge in [0.15, 0.2) is 0 Å². The van der Waals surface area contributed by atoms with Crippen LogP contribution in [0.15, 0.2) is 79.6 Å². The zero-order valence-electron chi connectivity index (χ0n) is 16.4. The number of ether oxygens (including phenoxy) is 1. The number of nitrogens with zero attached hydrogens (tertiary/aromatic N) is 2. The maximum Gasteiger partial charge on any atom is 0.247 e.